The van der Waals surface area contributed by atoms with E-state index in [0.29, 0.717) is 6.04 Å². The van der Waals surface area contributed by atoms with Crippen LogP contribution in [0.1, 0.15) is 30.5 Å². The van der Waals surface area contributed by atoms with E-state index in [1.165, 1.54) is 16.8 Å². The van der Waals surface area contributed by atoms with Gasteiger partial charge >= 0.3 is 0 Å². The van der Waals surface area contributed by atoms with Crippen molar-refractivity contribution in [3.63, 3.8) is 0 Å². The van der Waals surface area contributed by atoms with Crippen LogP contribution >= 0.6 is 11.6 Å². The van der Waals surface area contributed by atoms with Gasteiger partial charge in [0, 0.05) is 17.1 Å². The average Bonchev–Trinajstić information content (AvgIpc) is 2.67. The highest BCUT2D eigenvalue weighted by atomic mass is 35.5. The number of para-hydroxylation sites is 1. The monoisotopic (exact) mass is 360 g/mol. The summed E-state index contributed by atoms with van der Waals surface area (Å²) in [6.07, 6.45) is 1.97. The predicted octanol–water partition coefficient (Wildman–Crippen LogP) is 6.58. The molecule has 3 aromatic carbocycles. The molecule has 0 bridgehead atoms. The lowest BCUT2D eigenvalue weighted by molar-refractivity contribution is 0.652. The number of hydrogen-bond donors (Lipinski definition) is 0. The van der Waals surface area contributed by atoms with E-state index in [1.807, 2.05) is 42.5 Å². The molecule has 2 nitrogen and oxygen atoms in total. The number of amidine groups is 1. The summed E-state index contributed by atoms with van der Waals surface area (Å²) < 4.78 is 0. The highest BCUT2D eigenvalue weighted by Crippen LogP contribution is 2.40. The maximum Gasteiger partial charge on any atom is 0.112 e. The Morgan fingerprint density at radius 3 is 2.27 bits per heavy atom. The van der Waals surface area contributed by atoms with E-state index in [2.05, 4.69) is 48.2 Å². The number of benzene rings is 3. The van der Waals surface area contributed by atoms with E-state index in [1.54, 1.807) is 0 Å². The summed E-state index contributed by atoms with van der Waals surface area (Å²) in [6, 6.07) is 27.4. The second kappa shape index (κ2) is 7.35. The standard InChI is InChI=1S/C23H21ClN2/c1-2-17-8-14-21(15-9-17)26-22(18-10-12-19(24)13-11-18)16-23(26)25-20-6-4-3-5-7-20/h3-15,22H,2,16H2,1H3. The van der Waals surface area contributed by atoms with Crippen molar-refractivity contribution in [2.75, 3.05) is 4.90 Å². The molecule has 3 aromatic rings. The third-order valence-electron chi connectivity index (χ3n) is 4.86. The van der Waals surface area contributed by atoms with Crippen LogP contribution in [0, 0.1) is 0 Å². The van der Waals surface area contributed by atoms with Gasteiger partial charge < -0.3 is 4.90 Å². The van der Waals surface area contributed by atoms with E-state index >= 15 is 0 Å². The van der Waals surface area contributed by atoms with Crippen molar-refractivity contribution in [2.45, 2.75) is 25.8 Å². The van der Waals surface area contributed by atoms with Crippen LogP contribution in [-0.2, 0) is 6.42 Å². The van der Waals surface area contributed by atoms with Gasteiger partial charge in [0.25, 0.3) is 0 Å². The van der Waals surface area contributed by atoms with Gasteiger partial charge in [0.2, 0.25) is 0 Å². The van der Waals surface area contributed by atoms with Gasteiger partial charge in [-0.15, -0.1) is 0 Å². The lowest BCUT2D eigenvalue weighted by Gasteiger charge is -2.44. The van der Waals surface area contributed by atoms with E-state index in [9.17, 15) is 0 Å². The van der Waals surface area contributed by atoms with Crippen LogP contribution < -0.4 is 4.90 Å². The molecule has 0 aromatic heterocycles. The molecule has 0 spiro atoms. The molecule has 0 N–H and O–H groups in total. The van der Waals surface area contributed by atoms with Crippen LogP contribution in [0.5, 0.6) is 0 Å². The topological polar surface area (TPSA) is 15.6 Å². The first-order valence-corrected chi connectivity index (χ1v) is 9.38. The van der Waals surface area contributed by atoms with Gasteiger partial charge in [0.15, 0.2) is 0 Å². The van der Waals surface area contributed by atoms with E-state index in [0.717, 1.165) is 29.4 Å². The molecule has 1 unspecified atom stereocenters. The van der Waals surface area contributed by atoms with Gasteiger partial charge in [0.1, 0.15) is 5.84 Å². The Hall–Kier alpha value is -2.58. The first kappa shape index (κ1) is 16.9. The zero-order chi connectivity index (χ0) is 17.9. The number of halogens is 1. The fourth-order valence-corrected chi connectivity index (χ4v) is 3.48. The first-order chi connectivity index (χ1) is 12.7. The molecule has 26 heavy (non-hydrogen) atoms. The molecule has 0 amide bonds. The largest absolute Gasteiger partial charge is 0.322 e. The number of hydrogen-bond acceptors (Lipinski definition) is 1. The third kappa shape index (κ3) is 3.38. The number of aryl methyl sites for hydroxylation is 1. The lowest BCUT2D eigenvalue weighted by atomic mass is 9.92. The number of anilines is 1. The summed E-state index contributed by atoms with van der Waals surface area (Å²) >= 11 is 6.06. The molecule has 4 rings (SSSR count). The summed E-state index contributed by atoms with van der Waals surface area (Å²) in [5, 5.41) is 0.769. The van der Waals surface area contributed by atoms with Gasteiger partial charge in [-0.25, -0.2) is 4.99 Å². The molecule has 1 fully saturated rings. The molecule has 1 saturated heterocycles. The average molecular weight is 361 g/mol. The van der Waals surface area contributed by atoms with Crippen molar-refractivity contribution in [2.24, 2.45) is 4.99 Å². The smallest absolute Gasteiger partial charge is 0.112 e. The molecule has 0 radical (unpaired) electrons. The Morgan fingerprint density at radius 2 is 1.62 bits per heavy atom. The summed E-state index contributed by atoms with van der Waals surface area (Å²) in [4.78, 5) is 7.20. The highest BCUT2D eigenvalue weighted by Gasteiger charge is 2.36. The van der Waals surface area contributed by atoms with Crippen molar-refractivity contribution >= 4 is 28.8 Å². The zero-order valence-electron chi connectivity index (χ0n) is 14.8. The molecule has 0 saturated carbocycles. The second-order valence-corrected chi connectivity index (χ2v) is 6.96. The molecule has 1 aliphatic heterocycles. The SMILES string of the molecule is CCc1ccc(N2C(=Nc3ccccc3)CC2c2ccc(Cl)cc2)cc1. The van der Waals surface area contributed by atoms with Crippen LogP contribution in [0.2, 0.25) is 5.02 Å². The Kier molecular flexibility index (Phi) is 4.77. The minimum atomic E-state index is 0.294. The molecular formula is C23H21ClN2. The van der Waals surface area contributed by atoms with Gasteiger partial charge in [-0.2, -0.15) is 0 Å². The molecule has 130 valence electrons. The maximum absolute atomic E-state index is 6.06. The van der Waals surface area contributed by atoms with Gasteiger partial charge in [-0.05, 0) is 53.9 Å². The van der Waals surface area contributed by atoms with Gasteiger partial charge in [-0.3, -0.25) is 0 Å². The van der Waals surface area contributed by atoms with Crippen LogP contribution in [-0.4, -0.2) is 5.84 Å². The quantitative estimate of drug-likeness (QED) is 0.512. The summed E-state index contributed by atoms with van der Waals surface area (Å²) in [6.45, 7) is 2.18. The van der Waals surface area contributed by atoms with E-state index in [4.69, 9.17) is 16.6 Å². The van der Waals surface area contributed by atoms with E-state index < -0.39 is 0 Å². The summed E-state index contributed by atoms with van der Waals surface area (Å²) in [5.41, 5.74) is 4.79. The van der Waals surface area contributed by atoms with Crippen molar-refractivity contribution in [1.29, 1.82) is 0 Å². The number of aliphatic imine (C=N–C) groups is 1. The van der Waals surface area contributed by atoms with E-state index in [-0.39, 0.29) is 0 Å². The maximum atomic E-state index is 6.06. The van der Waals surface area contributed by atoms with Gasteiger partial charge in [0.05, 0.1) is 11.7 Å². The van der Waals surface area contributed by atoms with Crippen LogP contribution in [0.15, 0.2) is 83.9 Å². The minimum absolute atomic E-state index is 0.294. The molecule has 3 heteroatoms. The number of nitrogens with zero attached hydrogens (tertiary/aromatic N) is 2. The minimum Gasteiger partial charge on any atom is -0.322 e. The fourth-order valence-electron chi connectivity index (χ4n) is 3.35. The third-order valence-corrected chi connectivity index (χ3v) is 5.11. The van der Waals surface area contributed by atoms with Crippen molar-refractivity contribution < 1.29 is 0 Å². The first-order valence-electron chi connectivity index (χ1n) is 9.01. The highest BCUT2D eigenvalue weighted by molar-refractivity contribution is 6.30. The Labute approximate surface area is 159 Å². The van der Waals surface area contributed by atoms with Crippen LogP contribution in [0.4, 0.5) is 11.4 Å². The van der Waals surface area contributed by atoms with Gasteiger partial charge in [-0.1, -0.05) is 61.0 Å². The molecule has 0 aliphatic carbocycles. The Bertz CT molecular complexity index is 899. The second-order valence-electron chi connectivity index (χ2n) is 6.53. The van der Waals surface area contributed by atoms with Crippen molar-refractivity contribution in [3.8, 4) is 0 Å². The molecule has 1 heterocycles. The Balaban J connectivity index is 1.69. The van der Waals surface area contributed by atoms with Crippen molar-refractivity contribution in [3.05, 3.63) is 95.0 Å². The number of rotatable bonds is 4. The Morgan fingerprint density at radius 1 is 0.923 bits per heavy atom. The molecule has 1 aliphatic rings. The lowest BCUT2D eigenvalue weighted by Crippen LogP contribution is -2.46. The fraction of sp³-hybridized carbons (Fsp3) is 0.174. The predicted molar refractivity (Wildman–Crippen MR) is 111 cm³/mol. The van der Waals surface area contributed by atoms with Crippen molar-refractivity contribution in [1.82, 2.24) is 0 Å². The zero-order valence-corrected chi connectivity index (χ0v) is 15.5. The molecular weight excluding hydrogens is 340 g/mol. The van der Waals surface area contributed by atoms with Crippen LogP contribution in [0.3, 0.4) is 0 Å². The molecule has 1 atom stereocenters. The van der Waals surface area contributed by atoms with Crippen LogP contribution in [0.25, 0.3) is 0 Å². The summed E-state index contributed by atoms with van der Waals surface area (Å²) in [5.74, 6) is 1.10. The normalized spacial score (nSPS) is 18.0. The summed E-state index contributed by atoms with van der Waals surface area (Å²) in [7, 11) is 0.